The summed E-state index contributed by atoms with van der Waals surface area (Å²) in [6.07, 6.45) is 8.22. The molecule has 2 fully saturated rings. The van der Waals surface area contributed by atoms with Gasteiger partial charge in [0, 0.05) is 10.7 Å². The maximum Gasteiger partial charge on any atom is 0.231 e. The average molecular weight is 382 g/mol. The topological polar surface area (TPSA) is 29.1 Å². The highest BCUT2D eigenvalue weighted by atomic mass is 35.5. The van der Waals surface area contributed by atoms with Gasteiger partial charge in [0.15, 0.2) is 0 Å². The van der Waals surface area contributed by atoms with E-state index in [2.05, 4.69) is 30.4 Å². The lowest BCUT2D eigenvalue weighted by molar-refractivity contribution is -0.121. The Labute approximate surface area is 167 Å². The molecule has 2 saturated carbocycles. The maximum absolute atomic E-state index is 13.0. The molecule has 1 amide bonds. The zero-order valence-electron chi connectivity index (χ0n) is 16.0. The number of carbonyl (C=O) groups is 1. The molecule has 0 spiro atoms. The Balaban J connectivity index is 1.50. The molecule has 1 N–H and O–H groups in total. The molecule has 2 nitrogen and oxygen atoms in total. The third-order valence-corrected chi connectivity index (χ3v) is 6.99. The van der Waals surface area contributed by atoms with Crippen molar-refractivity contribution in [3.63, 3.8) is 0 Å². The SMILES string of the molecule is CCC1(C(=O)Nc2ccccc2)CC1c1ccc(C2CCCCC2)c(Cl)c1. The standard InChI is InChI=1S/C24H28ClNO/c1-2-24(23(27)26-19-11-7-4-8-12-19)16-21(24)18-13-14-20(22(25)15-18)17-9-5-3-6-10-17/h4,7-8,11-15,17,21H,2-3,5-6,9-10,16H2,1H3,(H,26,27). The van der Waals surface area contributed by atoms with Crippen LogP contribution in [0.2, 0.25) is 5.02 Å². The van der Waals surface area contributed by atoms with Gasteiger partial charge in [0.05, 0.1) is 5.41 Å². The van der Waals surface area contributed by atoms with Crippen molar-refractivity contribution in [3.05, 3.63) is 64.7 Å². The van der Waals surface area contributed by atoms with Crippen molar-refractivity contribution in [3.8, 4) is 0 Å². The van der Waals surface area contributed by atoms with E-state index in [1.54, 1.807) is 0 Å². The van der Waals surface area contributed by atoms with Gasteiger partial charge >= 0.3 is 0 Å². The second-order valence-electron chi connectivity index (χ2n) is 8.20. The third-order valence-electron chi connectivity index (χ3n) is 6.66. The quantitative estimate of drug-likeness (QED) is 0.598. The van der Waals surface area contributed by atoms with Gasteiger partial charge in [-0.3, -0.25) is 4.79 Å². The first-order chi connectivity index (χ1) is 13.1. The van der Waals surface area contributed by atoms with Gasteiger partial charge in [-0.1, -0.05) is 68.1 Å². The molecule has 0 saturated heterocycles. The molecule has 2 aliphatic rings. The number of amides is 1. The molecule has 2 aliphatic carbocycles. The number of para-hydroxylation sites is 1. The number of hydrogen-bond acceptors (Lipinski definition) is 1. The summed E-state index contributed by atoms with van der Waals surface area (Å²) in [5, 5.41) is 3.99. The Kier molecular flexibility index (Phi) is 5.27. The molecular weight excluding hydrogens is 354 g/mol. The van der Waals surface area contributed by atoms with Crippen LogP contribution in [-0.4, -0.2) is 5.91 Å². The van der Waals surface area contributed by atoms with E-state index in [0.29, 0.717) is 5.92 Å². The van der Waals surface area contributed by atoms with E-state index in [0.717, 1.165) is 23.6 Å². The fraction of sp³-hybridized carbons (Fsp3) is 0.458. The van der Waals surface area contributed by atoms with Crippen LogP contribution in [0.4, 0.5) is 5.69 Å². The minimum absolute atomic E-state index is 0.133. The van der Waals surface area contributed by atoms with Crippen molar-refractivity contribution in [1.29, 1.82) is 0 Å². The van der Waals surface area contributed by atoms with Gasteiger partial charge < -0.3 is 5.32 Å². The highest BCUT2D eigenvalue weighted by Crippen LogP contribution is 2.62. The number of hydrogen-bond donors (Lipinski definition) is 1. The van der Waals surface area contributed by atoms with Gasteiger partial charge in [-0.25, -0.2) is 0 Å². The normalized spacial score (nSPS) is 25.2. The molecule has 27 heavy (non-hydrogen) atoms. The summed E-state index contributed by atoms with van der Waals surface area (Å²) in [7, 11) is 0. The zero-order chi connectivity index (χ0) is 18.9. The van der Waals surface area contributed by atoms with Crippen LogP contribution < -0.4 is 5.32 Å². The number of anilines is 1. The van der Waals surface area contributed by atoms with Gasteiger partial charge in [-0.05, 0) is 66.8 Å². The lowest BCUT2D eigenvalue weighted by Gasteiger charge is -2.23. The largest absolute Gasteiger partial charge is 0.326 e. The number of benzene rings is 2. The van der Waals surface area contributed by atoms with Gasteiger partial charge in [0.25, 0.3) is 0 Å². The molecule has 0 aliphatic heterocycles. The molecule has 4 rings (SSSR count). The van der Waals surface area contributed by atoms with Crippen LogP contribution in [0, 0.1) is 5.41 Å². The van der Waals surface area contributed by atoms with Gasteiger partial charge in [-0.15, -0.1) is 0 Å². The zero-order valence-corrected chi connectivity index (χ0v) is 16.8. The maximum atomic E-state index is 13.0. The van der Waals surface area contributed by atoms with Crippen molar-refractivity contribution < 1.29 is 4.79 Å². The molecule has 0 bridgehead atoms. The second-order valence-corrected chi connectivity index (χ2v) is 8.61. The first-order valence-corrected chi connectivity index (χ1v) is 10.7. The summed E-state index contributed by atoms with van der Waals surface area (Å²) in [4.78, 5) is 13.0. The van der Waals surface area contributed by atoms with Gasteiger partial charge in [-0.2, -0.15) is 0 Å². The Morgan fingerprint density at radius 1 is 1.11 bits per heavy atom. The van der Waals surface area contributed by atoms with E-state index < -0.39 is 0 Å². The highest BCUT2D eigenvalue weighted by molar-refractivity contribution is 6.31. The fourth-order valence-corrected chi connectivity index (χ4v) is 5.17. The lowest BCUT2D eigenvalue weighted by Crippen LogP contribution is -2.25. The minimum Gasteiger partial charge on any atom is -0.326 e. The molecule has 2 unspecified atom stereocenters. The van der Waals surface area contributed by atoms with E-state index in [1.807, 2.05) is 30.3 Å². The predicted molar refractivity (Wildman–Crippen MR) is 112 cm³/mol. The van der Waals surface area contributed by atoms with Crippen LogP contribution in [0.5, 0.6) is 0 Å². The molecular formula is C24H28ClNO. The van der Waals surface area contributed by atoms with E-state index in [1.165, 1.54) is 43.2 Å². The van der Waals surface area contributed by atoms with E-state index in [9.17, 15) is 4.79 Å². The monoisotopic (exact) mass is 381 g/mol. The Morgan fingerprint density at radius 2 is 1.85 bits per heavy atom. The third kappa shape index (κ3) is 3.65. The summed E-state index contributed by atoms with van der Waals surface area (Å²) in [6.45, 7) is 2.11. The highest BCUT2D eigenvalue weighted by Gasteiger charge is 2.59. The van der Waals surface area contributed by atoms with Crippen LogP contribution >= 0.6 is 11.6 Å². The van der Waals surface area contributed by atoms with Crippen LogP contribution in [0.25, 0.3) is 0 Å². The average Bonchev–Trinajstić information content (AvgIpc) is 3.46. The Bertz CT molecular complexity index is 812. The first kappa shape index (κ1) is 18.6. The summed E-state index contributed by atoms with van der Waals surface area (Å²) in [6, 6.07) is 16.3. The molecule has 3 heteroatoms. The molecule has 0 radical (unpaired) electrons. The molecule has 142 valence electrons. The number of carbonyl (C=O) groups excluding carboxylic acids is 1. The first-order valence-electron chi connectivity index (χ1n) is 10.3. The molecule has 0 heterocycles. The van der Waals surface area contributed by atoms with Crippen molar-refractivity contribution in [2.24, 2.45) is 5.41 Å². The number of halogens is 1. The van der Waals surface area contributed by atoms with E-state index in [-0.39, 0.29) is 17.2 Å². The number of rotatable bonds is 5. The fourth-order valence-electron chi connectivity index (χ4n) is 4.83. The van der Waals surface area contributed by atoms with E-state index >= 15 is 0 Å². The molecule has 2 aromatic carbocycles. The van der Waals surface area contributed by atoms with Crippen LogP contribution in [0.3, 0.4) is 0 Å². The van der Waals surface area contributed by atoms with Crippen LogP contribution in [0.15, 0.2) is 48.5 Å². The Hall–Kier alpha value is -1.80. The lowest BCUT2D eigenvalue weighted by atomic mass is 9.83. The number of nitrogens with one attached hydrogen (secondary N) is 1. The van der Waals surface area contributed by atoms with Crippen molar-refractivity contribution in [2.45, 2.75) is 63.7 Å². The van der Waals surface area contributed by atoms with Crippen molar-refractivity contribution >= 4 is 23.2 Å². The predicted octanol–water partition coefficient (Wildman–Crippen LogP) is 6.91. The summed E-state index contributed by atoms with van der Waals surface area (Å²) >= 11 is 6.68. The molecule has 2 atom stereocenters. The van der Waals surface area contributed by atoms with Gasteiger partial charge in [0.1, 0.15) is 0 Å². The van der Waals surface area contributed by atoms with Crippen molar-refractivity contribution in [2.75, 3.05) is 5.32 Å². The summed E-state index contributed by atoms with van der Waals surface area (Å²) in [5.41, 5.74) is 3.08. The summed E-state index contributed by atoms with van der Waals surface area (Å²) in [5.74, 6) is 1.01. The van der Waals surface area contributed by atoms with E-state index in [4.69, 9.17) is 11.6 Å². The summed E-state index contributed by atoms with van der Waals surface area (Å²) < 4.78 is 0. The smallest absolute Gasteiger partial charge is 0.231 e. The van der Waals surface area contributed by atoms with Crippen molar-refractivity contribution in [1.82, 2.24) is 0 Å². The van der Waals surface area contributed by atoms with Crippen LogP contribution in [-0.2, 0) is 4.79 Å². The molecule has 2 aromatic rings. The van der Waals surface area contributed by atoms with Gasteiger partial charge in [0.2, 0.25) is 5.91 Å². The Morgan fingerprint density at radius 3 is 2.52 bits per heavy atom. The van der Waals surface area contributed by atoms with Crippen LogP contribution in [0.1, 0.15) is 74.8 Å². The molecule has 0 aromatic heterocycles. The second kappa shape index (κ2) is 7.67. The minimum atomic E-state index is -0.300.